The largest absolute Gasteiger partial charge is 0.444 e. The summed E-state index contributed by atoms with van der Waals surface area (Å²) < 4.78 is 6.55. The lowest BCUT2D eigenvalue weighted by Crippen LogP contribution is -2.44. The maximum atomic E-state index is 13.0. The van der Waals surface area contributed by atoms with Crippen LogP contribution in [-0.4, -0.2) is 40.0 Å². The molecule has 0 radical (unpaired) electrons. The number of ether oxygens (including phenoxy) is 1. The summed E-state index contributed by atoms with van der Waals surface area (Å²) in [4.78, 5) is 36.7. The summed E-state index contributed by atoms with van der Waals surface area (Å²) in [6.07, 6.45) is 0.0428. The summed E-state index contributed by atoms with van der Waals surface area (Å²) in [5.74, 6) is 0.350. The molecule has 1 N–H and O–H groups in total. The van der Waals surface area contributed by atoms with E-state index in [0.29, 0.717) is 36.7 Å². The van der Waals surface area contributed by atoms with Crippen molar-refractivity contribution >= 4 is 12.0 Å². The summed E-state index contributed by atoms with van der Waals surface area (Å²) in [5, 5.41) is 3.18. The zero-order valence-electron chi connectivity index (χ0n) is 17.6. The number of carbonyl (C=O) groups is 1. The Kier molecular flexibility index (Phi) is 5.81. The summed E-state index contributed by atoms with van der Waals surface area (Å²) in [6, 6.07) is 8.11. The summed E-state index contributed by atoms with van der Waals surface area (Å²) in [6.45, 7) is 8.58. The molecule has 8 heteroatoms. The Hall–Kier alpha value is -3.03. The van der Waals surface area contributed by atoms with E-state index >= 15 is 0 Å². The van der Waals surface area contributed by atoms with Crippen LogP contribution >= 0.6 is 0 Å². The van der Waals surface area contributed by atoms with Gasteiger partial charge in [0.1, 0.15) is 12.7 Å². The van der Waals surface area contributed by atoms with Gasteiger partial charge in [0.15, 0.2) is 0 Å². The molecule has 2 heterocycles. The zero-order chi connectivity index (χ0) is 21.2. The molecule has 0 saturated carbocycles. The average Bonchev–Trinajstić information content (AvgIpc) is 2.66. The molecule has 0 spiro atoms. The lowest BCUT2D eigenvalue weighted by molar-refractivity contribution is 0.0219. The van der Waals surface area contributed by atoms with Crippen molar-refractivity contribution in [3.05, 3.63) is 57.0 Å². The SMILES string of the molecule is COn1c(NCc2ccc(C)cc2)nc2c(c1=O)CN(C(=O)OC(C)(C)C)CC2. The lowest BCUT2D eigenvalue weighted by atomic mass is 10.1. The van der Waals surface area contributed by atoms with Crippen LogP contribution in [0.3, 0.4) is 0 Å². The van der Waals surface area contributed by atoms with E-state index in [-0.39, 0.29) is 12.1 Å². The molecule has 29 heavy (non-hydrogen) atoms. The first-order chi connectivity index (χ1) is 13.7. The van der Waals surface area contributed by atoms with Crippen LogP contribution in [0.4, 0.5) is 10.7 Å². The van der Waals surface area contributed by atoms with Gasteiger partial charge in [-0.05, 0) is 33.3 Å². The molecule has 0 fully saturated rings. The highest BCUT2D eigenvalue weighted by atomic mass is 16.7. The van der Waals surface area contributed by atoms with Gasteiger partial charge >= 0.3 is 6.09 Å². The third-order valence-corrected chi connectivity index (χ3v) is 4.60. The fraction of sp³-hybridized carbons (Fsp3) is 0.476. The van der Waals surface area contributed by atoms with E-state index in [9.17, 15) is 9.59 Å². The Morgan fingerprint density at radius 3 is 2.55 bits per heavy atom. The molecular formula is C21H28N4O4. The van der Waals surface area contributed by atoms with Gasteiger partial charge in [0, 0.05) is 19.5 Å². The van der Waals surface area contributed by atoms with Crippen LogP contribution < -0.4 is 15.7 Å². The van der Waals surface area contributed by atoms with Crippen LogP contribution in [0.25, 0.3) is 0 Å². The number of amides is 1. The predicted octanol–water partition coefficient (Wildman–Crippen LogP) is 2.52. The smallest absolute Gasteiger partial charge is 0.410 e. The van der Waals surface area contributed by atoms with Crippen LogP contribution in [0.5, 0.6) is 0 Å². The van der Waals surface area contributed by atoms with Crippen molar-refractivity contribution in [3.63, 3.8) is 0 Å². The molecule has 1 amide bonds. The average molecular weight is 400 g/mol. The lowest BCUT2D eigenvalue weighted by Gasteiger charge is -2.30. The molecule has 3 rings (SSSR count). The Labute approximate surface area is 170 Å². The molecule has 1 aromatic carbocycles. The van der Waals surface area contributed by atoms with Gasteiger partial charge in [0.25, 0.3) is 5.56 Å². The molecule has 0 atom stereocenters. The molecular weight excluding hydrogens is 372 g/mol. The zero-order valence-corrected chi connectivity index (χ0v) is 17.6. The van der Waals surface area contributed by atoms with Gasteiger partial charge in [0.2, 0.25) is 5.95 Å². The van der Waals surface area contributed by atoms with E-state index in [1.165, 1.54) is 17.6 Å². The predicted molar refractivity (Wildman–Crippen MR) is 110 cm³/mol. The molecule has 156 valence electrons. The standard InChI is InChI=1S/C21H28N4O4/c1-14-6-8-15(9-7-14)12-22-19-23-17-10-11-24(20(27)29-21(2,3)4)13-16(17)18(26)25(19)28-5/h6-9H,10-13H2,1-5H3,(H,22,23). The first-order valence-corrected chi connectivity index (χ1v) is 9.64. The molecule has 0 saturated heterocycles. The number of nitrogens with one attached hydrogen (secondary N) is 1. The number of benzene rings is 1. The van der Waals surface area contributed by atoms with E-state index in [1.807, 2.05) is 52.0 Å². The van der Waals surface area contributed by atoms with E-state index < -0.39 is 11.7 Å². The third-order valence-electron chi connectivity index (χ3n) is 4.60. The normalized spacial score (nSPS) is 13.6. The van der Waals surface area contributed by atoms with Gasteiger partial charge in [0.05, 0.1) is 17.8 Å². The molecule has 0 unspecified atom stereocenters. The molecule has 1 aromatic heterocycles. The first kappa shape index (κ1) is 20.7. The number of anilines is 1. The van der Waals surface area contributed by atoms with Crippen molar-refractivity contribution in [3.8, 4) is 0 Å². The summed E-state index contributed by atoms with van der Waals surface area (Å²) in [7, 11) is 1.42. The Morgan fingerprint density at radius 2 is 1.93 bits per heavy atom. The van der Waals surface area contributed by atoms with E-state index in [2.05, 4.69) is 10.3 Å². The maximum Gasteiger partial charge on any atom is 0.410 e. The van der Waals surface area contributed by atoms with Crippen LogP contribution in [-0.2, 0) is 24.2 Å². The topological polar surface area (TPSA) is 85.7 Å². The number of hydrogen-bond acceptors (Lipinski definition) is 6. The van der Waals surface area contributed by atoms with Crippen molar-refractivity contribution in [2.45, 2.75) is 52.8 Å². The minimum absolute atomic E-state index is 0.150. The van der Waals surface area contributed by atoms with Crippen molar-refractivity contribution < 1.29 is 14.4 Å². The molecule has 1 aliphatic rings. The highest BCUT2D eigenvalue weighted by Gasteiger charge is 2.29. The molecule has 0 aliphatic carbocycles. The van der Waals surface area contributed by atoms with Crippen LogP contribution in [0.2, 0.25) is 0 Å². The van der Waals surface area contributed by atoms with E-state index in [4.69, 9.17) is 9.57 Å². The highest BCUT2D eigenvalue weighted by molar-refractivity contribution is 5.68. The van der Waals surface area contributed by atoms with Crippen molar-refractivity contribution in [1.29, 1.82) is 0 Å². The van der Waals surface area contributed by atoms with Crippen molar-refractivity contribution in [2.75, 3.05) is 19.0 Å². The Morgan fingerprint density at radius 1 is 1.24 bits per heavy atom. The van der Waals surface area contributed by atoms with Crippen molar-refractivity contribution in [1.82, 2.24) is 14.6 Å². The summed E-state index contributed by atoms with van der Waals surface area (Å²) >= 11 is 0. The second-order valence-electron chi connectivity index (χ2n) is 8.13. The number of rotatable bonds is 4. The molecule has 1 aliphatic heterocycles. The molecule has 0 bridgehead atoms. The van der Waals surface area contributed by atoms with E-state index in [0.717, 1.165) is 10.3 Å². The number of carbonyl (C=O) groups excluding carboxylic acids is 1. The van der Waals surface area contributed by atoms with Gasteiger partial charge in [-0.3, -0.25) is 4.79 Å². The maximum absolute atomic E-state index is 13.0. The molecule has 2 aromatic rings. The quantitative estimate of drug-likeness (QED) is 0.849. The third kappa shape index (κ3) is 4.88. The van der Waals surface area contributed by atoms with Crippen LogP contribution in [0.1, 0.15) is 43.2 Å². The van der Waals surface area contributed by atoms with Gasteiger partial charge in [-0.1, -0.05) is 29.8 Å². The van der Waals surface area contributed by atoms with Gasteiger partial charge in [-0.15, -0.1) is 4.73 Å². The summed E-state index contributed by atoms with van der Waals surface area (Å²) in [5.41, 5.74) is 2.47. The second-order valence-corrected chi connectivity index (χ2v) is 8.13. The van der Waals surface area contributed by atoms with Gasteiger partial charge in [-0.2, -0.15) is 0 Å². The fourth-order valence-corrected chi connectivity index (χ4v) is 3.11. The Bertz CT molecular complexity index is 945. The first-order valence-electron chi connectivity index (χ1n) is 9.64. The number of aromatic nitrogens is 2. The number of aryl methyl sites for hydroxylation is 1. The minimum Gasteiger partial charge on any atom is -0.444 e. The Balaban J connectivity index is 1.81. The number of hydrogen-bond donors (Lipinski definition) is 1. The molecule has 8 nitrogen and oxygen atoms in total. The van der Waals surface area contributed by atoms with Gasteiger partial charge in [-0.25, -0.2) is 9.78 Å². The van der Waals surface area contributed by atoms with Crippen LogP contribution in [0, 0.1) is 6.92 Å². The number of nitrogens with zero attached hydrogens (tertiary/aromatic N) is 3. The highest BCUT2D eigenvalue weighted by Crippen LogP contribution is 2.19. The van der Waals surface area contributed by atoms with Crippen molar-refractivity contribution in [2.24, 2.45) is 0 Å². The fourth-order valence-electron chi connectivity index (χ4n) is 3.11. The van der Waals surface area contributed by atoms with E-state index in [1.54, 1.807) is 0 Å². The minimum atomic E-state index is -0.591. The number of fused-ring (bicyclic) bond motifs is 1. The van der Waals surface area contributed by atoms with Crippen LogP contribution in [0.15, 0.2) is 29.1 Å². The second kappa shape index (κ2) is 8.14. The van der Waals surface area contributed by atoms with Gasteiger partial charge < -0.3 is 19.8 Å². The monoisotopic (exact) mass is 400 g/mol.